The second-order valence-corrected chi connectivity index (χ2v) is 4.15. The molecular formula is C12H12N6O. The molecule has 0 fully saturated rings. The molecule has 1 aromatic carbocycles. The number of carbonyl (C=O) groups is 1. The highest BCUT2D eigenvalue weighted by Gasteiger charge is 2.09. The van der Waals surface area contributed by atoms with Crippen molar-refractivity contribution >= 4 is 22.9 Å². The quantitative estimate of drug-likeness (QED) is 0.734. The third-order valence-corrected chi connectivity index (χ3v) is 2.69. The maximum Gasteiger partial charge on any atom is 0.248 e. The second-order valence-electron chi connectivity index (χ2n) is 4.15. The molecule has 3 rings (SSSR count). The number of anilines is 1. The molecule has 19 heavy (non-hydrogen) atoms. The third-order valence-electron chi connectivity index (χ3n) is 2.69. The first-order valence-electron chi connectivity index (χ1n) is 5.81. The average molecular weight is 256 g/mol. The molecule has 0 bridgehead atoms. The van der Waals surface area contributed by atoms with Crippen LogP contribution in [0.15, 0.2) is 30.6 Å². The molecular weight excluding hydrogens is 244 g/mol. The van der Waals surface area contributed by atoms with Gasteiger partial charge in [-0.25, -0.2) is 4.98 Å². The van der Waals surface area contributed by atoms with Gasteiger partial charge in [-0.15, -0.1) is 5.10 Å². The zero-order chi connectivity index (χ0) is 13.2. The van der Waals surface area contributed by atoms with Crippen LogP contribution in [-0.2, 0) is 11.3 Å². The molecule has 2 aromatic heterocycles. The van der Waals surface area contributed by atoms with Gasteiger partial charge in [-0.3, -0.25) is 15.2 Å². The second kappa shape index (κ2) is 4.52. The summed E-state index contributed by atoms with van der Waals surface area (Å²) in [6.07, 6.45) is 1.65. The fraction of sp³-hybridized carbons (Fsp3) is 0.167. The summed E-state index contributed by atoms with van der Waals surface area (Å²) in [5, 5.41) is 9.15. The summed E-state index contributed by atoms with van der Waals surface area (Å²) in [6.45, 7) is 1.94. The number of hydrogen-bond donors (Lipinski definition) is 2. The van der Waals surface area contributed by atoms with E-state index in [4.69, 9.17) is 0 Å². The van der Waals surface area contributed by atoms with Crippen LogP contribution in [0.2, 0.25) is 0 Å². The van der Waals surface area contributed by atoms with Crippen molar-refractivity contribution in [1.82, 2.24) is 24.7 Å². The molecule has 2 N–H and O–H groups in total. The minimum atomic E-state index is -0.192. The Morgan fingerprint density at radius 2 is 2.26 bits per heavy atom. The van der Waals surface area contributed by atoms with Crippen molar-refractivity contribution in [2.75, 3.05) is 5.32 Å². The van der Waals surface area contributed by atoms with Crippen molar-refractivity contribution in [2.45, 2.75) is 13.5 Å². The Labute approximate surface area is 108 Å². The summed E-state index contributed by atoms with van der Waals surface area (Å²) in [6, 6.07) is 7.65. The molecule has 0 aliphatic carbocycles. The minimum absolute atomic E-state index is 0.175. The van der Waals surface area contributed by atoms with Gasteiger partial charge in [0, 0.05) is 0 Å². The molecule has 2 heterocycles. The topological polar surface area (TPSA) is 88.5 Å². The van der Waals surface area contributed by atoms with Crippen LogP contribution in [-0.4, -0.2) is 30.6 Å². The number of carbonyl (C=O) groups excluding carboxylic acids is 1. The number of imidazole rings is 1. The van der Waals surface area contributed by atoms with Gasteiger partial charge in [0.1, 0.15) is 12.4 Å². The molecule has 7 nitrogen and oxygen atoms in total. The Morgan fingerprint density at radius 3 is 3.05 bits per heavy atom. The average Bonchev–Trinajstić information content (AvgIpc) is 2.97. The van der Waals surface area contributed by atoms with Crippen LogP contribution in [0.1, 0.15) is 5.82 Å². The first-order chi connectivity index (χ1) is 9.22. The lowest BCUT2D eigenvalue weighted by atomic mass is 10.3. The van der Waals surface area contributed by atoms with Crippen LogP contribution >= 0.6 is 0 Å². The van der Waals surface area contributed by atoms with Crippen molar-refractivity contribution in [2.24, 2.45) is 0 Å². The number of amides is 1. The number of nitrogens with one attached hydrogen (secondary N) is 2. The first kappa shape index (κ1) is 11.4. The normalized spacial score (nSPS) is 10.8. The Kier molecular flexibility index (Phi) is 2.71. The number of nitrogens with zero attached hydrogens (tertiary/aromatic N) is 4. The van der Waals surface area contributed by atoms with Crippen LogP contribution in [0.25, 0.3) is 11.0 Å². The minimum Gasteiger partial charge on any atom is -0.321 e. The number of benzene rings is 1. The fourth-order valence-electron chi connectivity index (χ4n) is 1.85. The number of fused-ring (bicyclic) bond motifs is 1. The van der Waals surface area contributed by atoms with E-state index in [2.05, 4.69) is 25.5 Å². The summed E-state index contributed by atoms with van der Waals surface area (Å²) in [5.74, 6) is 0.748. The molecule has 0 aliphatic heterocycles. The van der Waals surface area contributed by atoms with Gasteiger partial charge in [0.15, 0.2) is 0 Å². The van der Waals surface area contributed by atoms with E-state index in [9.17, 15) is 4.79 Å². The monoisotopic (exact) mass is 256 g/mol. The molecule has 96 valence electrons. The number of aromatic nitrogens is 5. The lowest BCUT2D eigenvalue weighted by Crippen LogP contribution is -2.19. The highest BCUT2D eigenvalue weighted by atomic mass is 16.2. The number of hydrogen-bond acceptors (Lipinski definition) is 4. The SMILES string of the molecule is Cc1nc(NC(=O)Cn2cnc3ccccc32)n[nH]1. The van der Waals surface area contributed by atoms with Gasteiger partial charge in [0.05, 0.1) is 17.4 Å². The van der Waals surface area contributed by atoms with Gasteiger partial charge < -0.3 is 4.57 Å². The number of aromatic amines is 1. The van der Waals surface area contributed by atoms with E-state index in [-0.39, 0.29) is 18.4 Å². The van der Waals surface area contributed by atoms with Crippen molar-refractivity contribution in [3.05, 3.63) is 36.4 Å². The summed E-state index contributed by atoms with van der Waals surface area (Å²) < 4.78 is 1.78. The number of H-pyrrole nitrogens is 1. The summed E-state index contributed by atoms with van der Waals surface area (Å²) in [7, 11) is 0. The van der Waals surface area contributed by atoms with Crippen molar-refractivity contribution in [3.63, 3.8) is 0 Å². The summed E-state index contributed by atoms with van der Waals surface area (Å²) in [5.41, 5.74) is 1.79. The van der Waals surface area contributed by atoms with Crippen molar-refractivity contribution < 1.29 is 4.79 Å². The van der Waals surface area contributed by atoms with E-state index in [0.717, 1.165) is 11.0 Å². The smallest absolute Gasteiger partial charge is 0.248 e. The first-order valence-corrected chi connectivity index (χ1v) is 5.81. The summed E-state index contributed by atoms with van der Waals surface area (Å²) in [4.78, 5) is 20.1. The molecule has 0 unspecified atom stereocenters. The fourth-order valence-corrected chi connectivity index (χ4v) is 1.85. The lowest BCUT2D eigenvalue weighted by Gasteiger charge is -2.03. The predicted molar refractivity (Wildman–Crippen MR) is 69.5 cm³/mol. The highest BCUT2D eigenvalue weighted by Crippen LogP contribution is 2.11. The van der Waals surface area contributed by atoms with E-state index in [1.807, 2.05) is 24.3 Å². The molecule has 0 radical (unpaired) electrons. The highest BCUT2D eigenvalue weighted by molar-refractivity contribution is 5.89. The molecule has 7 heteroatoms. The van der Waals surface area contributed by atoms with E-state index in [1.165, 1.54) is 0 Å². The van der Waals surface area contributed by atoms with E-state index >= 15 is 0 Å². The van der Waals surface area contributed by atoms with E-state index in [1.54, 1.807) is 17.8 Å². The van der Waals surface area contributed by atoms with Gasteiger partial charge in [-0.2, -0.15) is 4.98 Å². The van der Waals surface area contributed by atoms with E-state index in [0.29, 0.717) is 5.82 Å². The molecule has 0 saturated heterocycles. The Hall–Kier alpha value is -2.70. The molecule has 0 saturated carbocycles. The van der Waals surface area contributed by atoms with Crippen LogP contribution in [0.4, 0.5) is 5.95 Å². The number of aryl methyl sites for hydroxylation is 1. The summed E-state index contributed by atoms with van der Waals surface area (Å²) >= 11 is 0. The molecule has 3 aromatic rings. The Balaban J connectivity index is 1.76. The molecule has 1 amide bonds. The third kappa shape index (κ3) is 2.30. The van der Waals surface area contributed by atoms with Crippen LogP contribution in [0.5, 0.6) is 0 Å². The van der Waals surface area contributed by atoms with E-state index < -0.39 is 0 Å². The number of rotatable bonds is 3. The maximum absolute atomic E-state index is 11.9. The van der Waals surface area contributed by atoms with Crippen LogP contribution in [0.3, 0.4) is 0 Å². The van der Waals surface area contributed by atoms with Gasteiger partial charge in [0.25, 0.3) is 0 Å². The molecule has 0 atom stereocenters. The van der Waals surface area contributed by atoms with Crippen LogP contribution in [0, 0.1) is 6.92 Å². The predicted octanol–water partition coefficient (Wildman–Crippen LogP) is 1.10. The Morgan fingerprint density at radius 1 is 1.42 bits per heavy atom. The molecule has 0 spiro atoms. The van der Waals surface area contributed by atoms with Crippen molar-refractivity contribution in [3.8, 4) is 0 Å². The maximum atomic E-state index is 11.9. The standard InChI is InChI=1S/C12H12N6O/c1-8-14-12(17-16-8)15-11(19)6-18-7-13-9-4-2-3-5-10(9)18/h2-5,7H,6H2,1H3,(H2,14,15,16,17,19). The van der Waals surface area contributed by atoms with Gasteiger partial charge in [0.2, 0.25) is 11.9 Å². The Bertz CT molecular complexity index is 728. The zero-order valence-electron chi connectivity index (χ0n) is 10.3. The largest absolute Gasteiger partial charge is 0.321 e. The lowest BCUT2D eigenvalue weighted by molar-refractivity contribution is -0.116. The molecule has 0 aliphatic rings. The van der Waals surface area contributed by atoms with Crippen LogP contribution < -0.4 is 5.32 Å². The number of para-hydroxylation sites is 2. The van der Waals surface area contributed by atoms with Gasteiger partial charge in [-0.1, -0.05) is 12.1 Å². The van der Waals surface area contributed by atoms with Gasteiger partial charge >= 0.3 is 0 Å². The zero-order valence-corrected chi connectivity index (χ0v) is 10.3. The van der Waals surface area contributed by atoms with Crippen molar-refractivity contribution in [1.29, 1.82) is 0 Å². The van der Waals surface area contributed by atoms with Gasteiger partial charge in [-0.05, 0) is 19.1 Å².